The van der Waals surface area contributed by atoms with E-state index in [4.69, 9.17) is 0 Å². The summed E-state index contributed by atoms with van der Waals surface area (Å²) in [5.41, 5.74) is 6.91. The Balaban J connectivity index is 2.11. The van der Waals surface area contributed by atoms with E-state index < -0.39 is 0 Å². The summed E-state index contributed by atoms with van der Waals surface area (Å²) < 4.78 is 0. The molecule has 0 nitrogen and oxygen atoms in total. The topological polar surface area (TPSA) is 0 Å². The SMILES string of the molecule is Cc1ccccc1-c1ccc2c(c1)CCC=C2. The van der Waals surface area contributed by atoms with Gasteiger partial charge in [0.15, 0.2) is 0 Å². The van der Waals surface area contributed by atoms with Gasteiger partial charge in [0.05, 0.1) is 0 Å². The zero-order chi connectivity index (χ0) is 11.7. The molecule has 0 aliphatic heterocycles. The molecule has 2 aromatic rings. The molecule has 0 bridgehead atoms. The lowest BCUT2D eigenvalue weighted by molar-refractivity contribution is 0.986. The molecule has 0 N–H and O–H groups in total. The van der Waals surface area contributed by atoms with Crippen LogP contribution in [0.15, 0.2) is 48.5 Å². The van der Waals surface area contributed by atoms with E-state index in [9.17, 15) is 0 Å². The van der Waals surface area contributed by atoms with Crippen molar-refractivity contribution in [2.24, 2.45) is 0 Å². The molecule has 1 aliphatic rings. The number of hydrogen-bond donors (Lipinski definition) is 0. The van der Waals surface area contributed by atoms with Crippen LogP contribution in [0, 0.1) is 6.92 Å². The van der Waals surface area contributed by atoms with E-state index in [1.165, 1.54) is 40.7 Å². The second kappa shape index (κ2) is 4.21. The van der Waals surface area contributed by atoms with Crippen molar-refractivity contribution in [2.45, 2.75) is 19.8 Å². The van der Waals surface area contributed by atoms with Crippen molar-refractivity contribution in [3.05, 3.63) is 65.2 Å². The number of hydrogen-bond acceptors (Lipinski definition) is 0. The Morgan fingerprint density at radius 1 is 1.00 bits per heavy atom. The van der Waals surface area contributed by atoms with Gasteiger partial charge in [-0.25, -0.2) is 0 Å². The van der Waals surface area contributed by atoms with Gasteiger partial charge in [0.1, 0.15) is 0 Å². The van der Waals surface area contributed by atoms with Gasteiger partial charge in [-0.3, -0.25) is 0 Å². The Kier molecular flexibility index (Phi) is 2.56. The highest BCUT2D eigenvalue weighted by atomic mass is 14.1. The maximum Gasteiger partial charge on any atom is -0.0155 e. The number of fused-ring (bicyclic) bond motifs is 1. The van der Waals surface area contributed by atoms with Crippen molar-refractivity contribution < 1.29 is 0 Å². The fourth-order valence-electron chi connectivity index (χ4n) is 2.50. The minimum Gasteiger partial charge on any atom is -0.0836 e. The molecule has 0 heterocycles. The van der Waals surface area contributed by atoms with Crippen molar-refractivity contribution in [1.82, 2.24) is 0 Å². The standard InChI is InChI=1S/C17H16/c1-13-6-2-5-9-17(13)16-11-10-14-7-3-4-8-15(14)12-16/h2-3,5-7,9-12H,4,8H2,1H3. The fraction of sp³-hybridized carbons (Fsp3) is 0.176. The Morgan fingerprint density at radius 3 is 2.76 bits per heavy atom. The summed E-state index contributed by atoms with van der Waals surface area (Å²) in [6.45, 7) is 2.18. The molecule has 0 atom stereocenters. The highest BCUT2D eigenvalue weighted by molar-refractivity contribution is 5.71. The molecular weight excluding hydrogens is 204 g/mol. The average molecular weight is 220 g/mol. The van der Waals surface area contributed by atoms with Crippen LogP contribution < -0.4 is 0 Å². The van der Waals surface area contributed by atoms with Crippen molar-refractivity contribution in [3.63, 3.8) is 0 Å². The van der Waals surface area contributed by atoms with E-state index in [1.807, 2.05) is 0 Å². The molecule has 84 valence electrons. The average Bonchev–Trinajstić information content (AvgIpc) is 2.39. The third-order valence-electron chi connectivity index (χ3n) is 3.48. The molecule has 0 fully saturated rings. The van der Waals surface area contributed by atoms with Gasteiger partial charge in [0, 0.05) is 0 Å². The normalized spacial score (nSPS) is 13.5. The predicted molar refractivity (Wildman–Crippen MR) is 74.0 cm³/mol. The summed E-state index contributed by atoms with van der Waals surface area (Å²) in [7, 11) is 0. The van der Waals surface area contributed by atoms with Gasteiger partial charge in [-0.2, -0.15) is 0 Å². The molecule has 0 amide bonds. The molecule has 3 rings (SSSR count). The fourth-order valence-corrected chi connectivity index (χ4v) is 2.50. The highest BCUT2D eigenvalue weighted by Gasteiger charge is 2.07. The monoisotopic (exact) mass is 220 g/mol. The van der Waals surface area contributed by atoms with Gasteiger partial charge in [-0.15, -0.1) is 0 Å². The Morgan fingerprint density at radius 2 is 1.88 bits per heavy atom. The van der Waals surface area contributed by atoms with Crippen LogP contribution in [-0.4, -0.2) is 0 Å². The van der Waals surface area contributed by atoms with Crippen molar-refractivity contribution >= 4 is 6.08 Å². The zero-order valence-electron chi connectivity index (χ0n) is 10.1. The number of benzene rings is 2. The van der Waals surface area contributed by atoms with Crippen LogP contribution in [0.1, 0.15) is 23.1 Å². The van der Waals surface area contributed by atoms with Crippen LogP contribution in [0.2, 0.25) is 0 Å². The van der Waals surface area contributed by atoms with E-state index in [2.05, 4.69) is 61.5 Å². The first-order valence-electron chi connectivity index (χ1n) is 6.20. The van der Waals surface area contributed by atoms with E-state index in [0.29, 0.717) is 0 Å². The third-order valence-corrected chi connectivity index (χ3v) is 3.48. The lowest BCUT2D eigenvalue weighted by Gasteiger charge is -2.13. The molecule has 0 unspecified atom stereocenters. The van der Waals surface area contributed by atoms with Crippen LogP contribution in [0.25, 0.3) is 17.2 Å². The molecule has 0 aromatic heterocycles. The Hall–Kier alpha value is -1.82. The minimum atomic E-state index is 1.17. The van der Waals surface area contributed by atoms with E-state index >= 15 is 0 Å². The van der Waals surface area contributed by atoms with Crippen LogP contribution >= 0.6 is 0 Å². The summed E-state index contributed by atoms with van der Waals surface area (Å²) in [4.78, 5) is 0. The first-order valence-corrected chi connectivity index (χ1v) is 6.20. The number of allylic oxidation sites excluding steroid dienone is 1. The summed E-state index contributed by atoms with van der Waals surface area (Å²) >= 11 is 0. The maximum atomic E-state index is 2.35. The summed E-state index contributed by atoms with van der Waals surface area (Å²) in [6, 6.07) is 15.4. The zero-order valence-corrected chi connectivity index (χ0v) is 10.1. The van der Waals surface area contributed by atoms with Crippen LogP contribution in [-0.2, 0) is 6.42 Å². The van der Waals surface area contributed by atoms with Crippen LogP contribution in [0.4, 0.5) is 0 Å². The molecule has 0 spiro atoms. The molecule has 0 heteroatoms. The van der Waals surface area contributed by atoms with E-state index in [-0.39, 0.29) is 0 Å². The van der Waals surface area contributed by atoms with Crippen LogP contribution in [0.5, 0.6) is 0 Å². The minimum absolute atomic E-state index is 1.17. The van der Waals surface area contributed by atoms with Gasteiger partial charge in [0.25, 0.3) is 0 Å². The Labute approximate surface area is 103 Å². The lowest BCUT2D eigenvalue weighted by atomic mass is 9.92. The second-order valence-corrected chi connectivity index (χ2v) is 4.67. The summed E-state index contributed by atoms with van der Waals surface area (Å²) in [5.74, 6) is 0. The molecule has 0 radical (unpaired) electrons. The smallest absolute Gasteiger partial charge is 0.0155 e. The quantitative estimate of drug-likeness (QED) is 0.657. The summed E-state index contributed by atoms with van der Waals surface area (Å²) in [6.07, 6.45) is 6.84. The lowest BCUT2D eigenvalue weighted by Crippen LogP contribution is -1.94. The maximum absolute atomic E-state index is 2.35. The van der Waals surface area contributed by atoms with Gasteiger partial charge in [-0.05, 0) is 47.6 Å². The van der Waals surface area contributed by atoms with Crippen molar-refractivity contribution in [2.75, 3.05) is 0 Å². The van der Waals surface area contributed by atoms with Crippen molar-refractivity contribution in [3.8, 4) is 11.1 Å². The molecule has 1 aliphatic carbocycles. The van der Waals surface area contributed by atoms with Gasteiger partial charge in [0.2, 0.25) is 0 Å². The van der Waals surface area contributed by atoms with Crippen LogP contribution in [0.3, 0.4) is 0 Å². The van der Waals surface area contributed by atoms with Gasteiger partial charge in [-0.1, -0.05) is 54.6 Å². The number of rotatable bonds is 1. The molecule has 0 saturated heterocycles. The van der Waals surface area contributed by atoms with Gasteiger partial charge >= 0.3 is 0 Å². The molecule has 17 heavy (non-hydrogen) atoms. The Bertz CT molecular complexity index is 576. The summed E-state index contributed by atoms with van der Waals surface area (Å²) in [5, 5.41) is 0. The van der Waals surface area contributed by atoms with E-state index in [0.717, 1.165) is 0 Å². The number of aryl methyl sites for hydroxylation is 2. The molecule has 2 aromatic carbocycles. The van der Waals surface area contributed by atoms with Crippen molar-refractivity contribution in [1.29, 1.82) is 0 Å². The predicted octanol–water partition coefficient (Wildman–Crippen LogP) is 4.62. The third kappa shape index (κ3) is 1.91. The first kappa shape index (κ1) is 10.3. The second-order valence-electron chi connectivity index (χ2n) is 4.67. The van der Waals surface area contributed by atoms with Gasteiger partial charge < -0.3 is 0 Å². The molecular formula is C17H16. The largest absolute Gasteiger partial charge is 0.0836 e. The first-order chi connectivity index (χ1) is 8.34. The van der Waals surface area contributed by atoms with E-state index in [1.54, 1.807) is 0 Å². The molecule has 0 saturated carbocycles. The highest BCUT2D eigenvalue weighted by Crippen LogP contribution is 2.28.